The lowest BCUT2D eigenvalue weighted by molar-refractivity contribution is -0.121. The van der Waals surface area contributed by atoms with Crippen molar-refractivity contribution in [3.63, 3.8) is 0 Å². The highest BCUT2D eigenvalue weighted by Crippen LogP contribution is 2.33. The zero-order valence-corrected chi connectivity index (χ0v) is 18.8. The number of likely N-dealkylation sites (tertiary alicyclic amines) is 1. The van der Waals surface area contributed by atoms with Crippen LogP contribution in [0.25, 0.3) is 0 Å². The zero-order valence-electron chi connectivity index (χ0n) is 18.8. The molecule has 1 aromatic carbocycles. The quantitative estimate of drug-likeness (QED) is 0.560. The maximum atomic E-state index is 13.5. The molecule has 1 saturated carbocycles. The van der Waals surface area contributed by atoms with Crippen molar-refractivity contribution >= 4 is 17.7 Å². The lowest BCUT2D eigenvalue weighted by Crippen LogP contribution is -2.45. The van der Waals surface area contributed by atoms with Crippen molar-refractivity contribution in [2.24, 2.45) is 11.8 Å². The van der Waals surface area contributed by atoms with Crippen LogP contribution in [0.15, 0.2) is 18.2 Å². The van der Waals surface area contributed by atoms with Gasteiger partial charge in [0.25, 0.3) is 5.91 Å². The second-order valence-electron chi connectivity index (χ2n) is 9.31. The topological polar surface area (TPSA) is 68.3 Å². The van der Waals surface area contributed by atoms with E-state index in [0.29, 0.717) is 24.6 Å². The Balaban J connectivity index is 1.17. The summed E-state index contributed by atoms with van der Waals surface area (Å²) >= 11 is 0. The van der Waals surface area contributed by atoms with E-state index >= 15 is 0 Å². The molecule has 2 aliphatic heterocycles. The van der Waals surface area contributed by atoms with Gasteiger partial charge in [-0.25, -0.2) is 9.18 Å². The van der Waals surface area contributed by atoms with Gasteiger partial charge in [0.15, 0.2) is 6.61 Å². The Morgan fingerprint density at radius 1 is 1.22 bits per heavy atom. The summed E-state index contributed by atoms with van der Waals surface area (Å²) in [7, 11) is 0. The van der Waals surface area contributed by atoms with Crippen LogP contribution in [0.4, 0.5) is 14.9 Å². The fourth-order valence-corrected chi connectivity index (χ4v) is 4.66. The molecule has 0 bridgehead atoms. The van der Waals surface area contributed by atoms with Crippen molar-refractivity contribution in [1.82, 2.24) is 4.90 Å². The van der Waals surface area contributed by atoms with Gasteiger partial charge in [-0.05, 0) is 43.2 Å². The number of nitrogens with zero attached hydrogens (tertiary/aromatic N) is 2. The molecule has 3 aliphatic rings. The van der Waals surface area contributed by atoms with Crippen molar-refractivity contribution in [2.45, 2.75) is 51.6 Å². The van der Waals surface area contributed by atoms with E-state index in [2.05, 4.69) is 11.8 Å². The Morgan fingerprint density at radius 2 is 2.00 bits per heavy atom. The highest BCUT2D eigenvalue weighted by molar-refractivity contribution is 5.97. The van der Waals surface area contributed by atoms with E-state index in [0.717, 1.165) is 44.8 Å². The number of carbonyl (C=O) groups is 2. The fourth-order valence-electron chi connectivity index (χ4n) is 4.66. The first kappa shape index (κ1) is 22.8. The largest absolute Gasteiger partial charge is 0.508 e. The lowest BCUT2D eigenvalue weighted by atomic mass is 9.83. The number of hydrogen-bond acceptors (Lipinski definition) is 6. The van der Waals surface area contributed by atoms with Crippen molar-refractivity contribution in [2.75, 3.05) is 44.3 Å². The smallest absolute Gasteiger partial charge is 0.481 e. The van der Waals surface area contributed by atoms with Crippen molar-refractivity contribution in [3.05, 3.63) is 24.0 Å². The minimum atomic E-state index is -0.544. The molecule has 2 heterocycles. The molecule has 32 heavy (non-hydrogen) atoms. The predicted molar refractivity (Wildman–Crippen MR) is 117 cm³/mol. The predicted octanol–water partition coefficient (Wildman–Crippen LogP) is 4.00. The lowest BCUT2D eigenvalue weighted by Gasteiger charge is -2.35. The highest BCUT2D eigenvalue weighted by Gasteiger charge is 2.29. The van der Waals surface area contributed by atoms with Crippen LogP contribution in [-0.2, 0) is 14.3 Å². The van der Waals surface area contributed by atoms with Crippen LogP contribution < -0.4 is 9.64 Å². The molecule has 176 valence electrons. The molecule has 1 aliphatic carbocycles. The minimum Gasteiger partial charge on any atom is -0.481 e. The number of carbonyl (C=O) groups excluding carboxylic acids is 2. The zero-order chi connectivity index (χ0) is 22.5. The Labute approximate surface area is 188 Å². The van der Waals surface area contributed by atoms with Crippen LogP contribution in [0.3, 0.4) is 0 Å². The van der Waals surface area contributed by atoms with Gasteiger partial charge >= 0.3 is 6.16 Å². The Bertz CT molecular complexity index is 808. The van der Waals surface area contributed by atoms with Gasteiger partial charge in [-0.3, -0.25) is 4.79 Å². The Hall–Kier alpha value is -2.35. The summed E-state index contributed by atoms with van der Waals surface area (Å²) in [4.78, 5) is 28.3. The average molecular weight is 449 g/mol. The summed E-state index contributed by atoms with van der Waals surface area (Å²) < 4.78 is 29.6. The number of piperidine rings is 1. The van der Waals surface area contributed by atoms with E-state index in [1.54, 1.807) is 11.0 Å². The first-order chi connectivity index (χ1) is 15.5. The van der Waals surface area contributed by atoms with E-state index in [-0.39, 0.29) is 30.4 Å². The minimum absolute atomic E-state index is 0.0668. The molecule has 8 heteroatoms. The number of hydrogen-bond donors (Lipinski definition) is 0. The number of amides is 1. The fraction of sp³-hybridized carbons (Fsp3) is 0.667. The van der Waals surface area contributed by atoms with Crippen LogP contribution >= 0.6 is 0 Å². The molecule has 1 aromatic rings. The average Bonchev–Trinajstić information content (AvgIpc) is 2.73. The summed E-state index contributed by atoms with van der Waals surface area (Å²) in [5.41, 5.74) is 0.623. The van der Waals surface area contributed by atoms with Crippen LogP contribution in [-0.4, -0.2) is 62.5 Å². The maximum Gasteiger partial charge on any atom is 0.508 e. The van der Waals surface area contributed by atoms with Gasteiger partial charge in [-0.1, -0.05) is 26.2 Å². The van der Waals surface area contributed by atoms with Gasteiger partial charge in [-0.2, -0.15) is 0 Å². The molecule has 1 amide bonds. The number of benzene rings is 1. The van der Waals surface area contributed by atoms with Crippen LogP contribution in [0.5, 0.6) is 5.75 Å². The molecule has 0 spiro atoms. The summed E-state index contributed by atoms with van der Waals surface area (Å²) in [6.07, 6.45) is 5.66. The molecule has 7 nitrogen and oxygen atoms in total. The molecule has 2 fully saturated rings. The van der Waals surface area contributed by atoms with Gasteiger partial charge in [0.2, 0.25) is 0 Å². The van der Waals surface area contributed by atoms with Gasteiger partial charge in [0.05, 0.1) is 12.3 Å². The first-order valence-corrected chi connectivity index (χ1v) is 11.8. The Morgan fingerprint density at radius 3 is 2.72 bits per heavy atom. The normalized spacial score (nSPS) is 20.8. The molecular weight excluding hydrogens is 415 g/mol. The van der Waals surface area contributed by atoms with E-state index in [4.69, 9.17) is 14.2 Å². The third-order valence-electron chi connectivity index (χ3n) is 6.70. The van der Waals surface area contributed by atoms with Crippen molar-refractivity contribution < 1.29 is 28.2 Å². The van der Waals surface area contributed by atoms with Gasteiger partial charge in [0.1, 0.15) is 17.7 Å². The van der Waals surface area contributed by atoms with Crippen LogP contribution in [0.2, 0.25) is 0 Å². The van der Waals surface area contributed by atoms with E-state index in [1.165, 1.54) is 31.4 Å². The van der Waals surface area contributed by atoms with Gasteiger partial charge < -0.3 is 24.0 Å². The van der Waals surface area contributed by atoms with E-state index in [9.17, 15) is 14.0 Å². The standard InChI is InChI=1S/C24H33FN2O5/c1-17(15-27-21-6-5-19(25)13-22(21)31-16-23(27)28)14-26-10-7-20(8-11-26)32-24(29)30-12-9-18-3-2-4-18/h5-6,13,17-18,20H,2-4,7-12,14-16H2,1H3. The molecule has 1 atom stereocenters. The number of ether oxygens (including phenoxy) is 3. The first-order valence-electron chi connectivity index (χ1n) is 11.8. The molecule has 0 N–H and O–H groups in total. The monoisotopic (exact) mass is 448 g/mol. The van der Waals surface area contributed by atoms with E-state index < -0.39 is 6.16 Å². The molecule has 4 rings (SSSR count). The molecular formula is C24H33FN2O5. The van der Waals surface area contributed by atoms with Gasteiger partial charge in [0, 0.05) is 32.2 Å². The Kier molecular flexibility index (Phi) is 7.50. The van der Waals surface area contributed by atoms with Crippen LogP contribution in [0.1, 0.15) is 45.4 Å². The SMILES string of the molecule is CC(CN1CCC(OC(=O)OCCC2CCC2)CC1)CN1C(=O)COc2cc(F)ccc21. The molecule has 1 saturated heterocycles. The van der Waals surface area contributed by atoms with Crippen molar-refractivity contribution in [1.29, 1.82) is 0 Å². The highest BCUT2D eigenvalue weighted by atomic mass is 19.1. The second-order valence-corrected chi connectivity index (χ2v) is 9.31. The molecule has 0 aromatic heterocycles. The summed E-state index contributed by atoms with van der Waals surface area (Å²) in [5.74, 6) is 0.867. The number of halogens is 1. The second kappa shape index (κ2) is 10.5. The number of fused-ring (bicyclic) bond motifs is 1. The van der Waals surface area contributed by atoms with E-state index in [1.807, 2.05) is 0 Å². The van der Waals surface area contributed by atoms with Crippen molar-refractivity contribution in [3.8, 4) is 5.75 Å². The summed E-state index contributed by atoms with van der Waals surface area (Å²) in [6.45, 7) is 5.54. The summed E-state index contributed by atoms with van der Waals surface area (Å²) in [6, 6.07) is 4.27. The third-order valence-corrected chi connectivity index (χ3v) is 6.70. The number of rotatable bonds is 8. The molecule has 1 unspecified atom stereocenters. The van der Waals surface area contributed by atoms with Crippen LogP contribution in [0, 0.1) is 17.7 Å². The van der Waals surface area contributed by atoms with Gasteiger partial charge in [-0.15, -0.1) is 0 Å². The number of anilines is 1. The summed E-state index contributed by atoms with van der Waals surface area (Å²) in [5, 5.41) is 0. The third kappa shape index (κ3) is 5.91. The molecule has 0 radical (unpaired) electrons. The maximum absolute atomic E-state index is 13.5.